The van der Waals surface area contributed by atoms with Crippen LogP contribution in [0, 0.1) is 0 Å². The van der Waals surface area contributed by atoms with Crippen LogP contribution in [0.4, 0.5) is 11.4 Å². The quantitative estimate of drug-likeness (QED) is 0.595. The molecule has 0 bridgehead atoms. The van der Waals surface area contributed by atoms with E-state index in [0.717, 1.165) is 50.3 Å². The van der Waals surface area contributed by atoms with Crippen LogP contribution in [0.5, 0.6) is 0 Å². The Balaban J connectivity index is 1.31. The molecule has 176 valence electrons. The van der Waals surface area contributed by atoms with E-state index in [1.165, 1.54) is 11.8 Å². The number of carbonyl (C=O) groups is 3. The Bertz CT molecular complexity index is 1010. The Morgan fingerprint density at radius 3 is 2.52 bits per heavy atom. The van der Waals surface area contributed by atoms with Gasteiger partial charge in [0.05, 0.1) is 12.3 Å². The van der Waals surface area contributed by atoms with Gasteiger partial charge in [-0.3, -0.25) is 14.4 Å². The molecule has 1 N–H and O–H groups in total. The molecular weight excluding hydrogens is 440 g/mol. The molecule has 4 rings (SSSR count). The average molecular weight is 471 g/mol. The standard InChI is InChI=1S/C23H30N6O3S/c1-2-28-19(15-27-13-5-3-4-7-21(27)31)25-26-23(28)33-16-20(30)24-17-9-11-18(12-10-17)29-14-6-8-22(29)32/h9-12H,2-8,13-16H2,1H3,(H,24,30). The summed E-state index contributed by atoms with van der Waals surface area (Å²) in [6, 6.07) is 7.34. The van der Waals surface area contributed by atoms with Gasteiger partial charge in [-0.25, -0.2) is 0 Å². The number of amides is 3. The highest BCUT2D eigenvalue weighted by Crippen LogP contribution is 2.24. The summed E-state index contributed by atoms with van der Waals surface area (Å²) in [6.45, 7) is 4.63. The van der Waals surface area contributed by atoms with E-state index in [0.29, 0.717) is 36.8 Å². The zero-order chi connectivity index (χ0) is 23.2. The van der Waals surface area contributed by atoms with Crippen LogP contribution in [0.2, 0.25) is 0 Å². The van der Waals surface area contributed by atoms with Crippen LogP contribution in [0.1, 0.15) is 51.3 Å². The fourth-order valence-corrected chi connectivity index (χ4v) is 5.03. The first-order valence-electron chi connectivity index (χ1n) is 11.6. The number of hydrogen-bond acceptors (Lipinski definition) is 6. The number of carbonyl (C=O) groups excluding carboxylic acids is 3. The lowest BCUT2D eigenvalue weighted by molar-refractivity contribution is -0.131. The van der Waals surface area contributed by atoms with Crippen LogP contribution in [-0.4, -0.2) is 56.2 Å². The smallest absolute Gasteiger partial charge is 0.234 e. The fraction of sp³-hybridized carbons (Fsp3) is 0.522. The number of thioether (sulfide) groups is 1. The summed E-state index contributed by atoms with van der Waals surface area (Å²) in [6.07, 6.45) is 5.12. The van der Waals surface area contributed by atoms with Gasteiger partial charge in [-0.15, -0.1) is 10.2 Å². The summed E-state index contributed by atoms with van der Waals surface area (Å²) in [4.78, 5) is 40.3. The van der Waals surface area contributed by atoms with Gasteiger partial charge >= 0.3 is 0 Å². The zero-order valence-corrected chi connectivity index (χ0v) is 19.8. The number of nitrogens with one attached hydrogen (secondary N) is 1. The molecule has 3 heterocycles. The van der Waals surface area contributed by atoms with Gasteiger partial charge in [-0.05, 0) is 50.5 Å². The SMILES string of the molecule is CCn1c(CN2CCCCCC2=O)nnc1SCC(=O)Nc1ccc(N2CCCC2=O)cc1. The molecule has 0 aliphatic carbocycles. The molecule has 0 radical (unpaired) electrons. The van der Waals surface area contributed by atoms with Crippen molar-refractivity contribution in [2.75, 3.05) is 29.1 Å². The Morgan fingerprint density at radius 2 is 1.79 bits per heavy atom. The molecule has 1 aromatic carbocycles. The van der Waals surface area contributed by atoms with E-state index in [4.69, 9.17) is 0 Å². The third kappa shape index (κ3) is 5.73. The minimum atomic E-state index is -0.139. The summed E-state index contributed by atoms with van der Waals surface area (Å²) in [7, 11) is 0. The van der Waals surface area contributed by atoms with Crippen LogP contribution in [-0.2, 0) is 27.5 Å². The minimum Gasteiger partial charge on any atom is -0.335 e. The van der Waals surface area contributed by atoms with E-state index < -0.39 is 0 Å². The summed E-state index contributed by atoms with van der Waals surface area (Å²) >= 11 is 1.33. The molecule has 2 aliphatic heterocycles. The molecule has 3 amide bonds. The van der Waals surface area contributed by atoms with Gasteiger partial charge in [0, 0.05) is 43.9 Å². The van der Waals surface area contributed by atoms with Crippen molar-refractivity contribution in [3.63, 3.8) is 0 Å². The molecule has 0 saturated carbocycles. The number of aromatic nitrogens is 3. The fourth-order valence-electron chi connectivity index (χ4n) is 4.21. The van der Waals surface area contributed by atoms with Crippen molar-refractivity contribution < 1.29 is 14.4 Å². The summed E-state index contributed by atoms with van der Waals surface area (Å²) in [5.41, 5.74) is 1.55. The van der Waals surface area contributed by atoms with Crippen molar-refractivity contribution in [1.29, 1.82) is 0 Å². The molecule has 10 heteroatoms. The van der Waals surface area contributed by atoms with E-state index in [2.05, 4.69) is 15.5 Å². The zero-order valence-electron chi connectivity index (χ0n) is 19.0. The Kier molecular flexibility index (Phi) is 7.64. The molecule has 0 spiro atoms. The highest BCUT2D eigenvalue weighted by atomic mass is 32.2. The second kappa shape index (κ2) is 10.8. The highest BCUT2D eigenvalue weighted by Gasteiger charge is 2.22. The summed E-state index contributed by atoms with van der Waals surface area (Å²) in [5, 5.41) is 12.1. The molecule has 33 heavy (non-hydrogen) atoms. The van der Waals surface area contributed by atoms with E-state index >= 15 is 0 Å². The number of benzene rings is 1. The first-order valence-corrected chi connectivity index (χ1v) is 12.6. The Morgan fingerprint density at radius 1 is 1.00 bits per heavy atom. The lowest BCUT2D eigenvalue weighted by Gasteiger charge is -2.20. The number of hydrogen-bond donors (Lipinski definition) is 1. The molecule has 0 unspecified atom stereocenters. The van der Waals surface area contributed by atoms with Crippen molar-refractivity contribution in [3.8, 4) is 0 Å². The van der Waals surface area contributed by atoms with Crippen LogP contribution >= 0.6 is 11.8 Å². The predicted octanol–water partition coefficient (Wildman–Crippen LogP) is 3.06. The Hall–Kier alpha value is -2.88. The van der Waals surface area contributed by atoms with Gasteiger partial charge in [-0.2, -0.15) is 0 Å². The predicted molar refractivity (Wildman–Crippen MR) is 127 cm³/mol. The molecule has 2 fully saturated rings. The number of likely N-dealkylation sites (tertiary alicyclic amines) is 1. The number of rotatable bonds is 8. The average Bonchev–Trinajstić information content (AvgIpc) is 3.36. The molecule has 2 aromatic rings. The van der Waals surface area contributed by atoms with Gasteiger partial charge in [-0.1, -0.05) is 18.2 Å². The molecule has 9 nitrogen and oxygen atoms in total. The highest BCUT2D eigenvalue weighted by molar-refractivity contribution is 7.99. The van der Waals surface area contributed by atoms with E-state index in [1.807, 2.05) is 40.7 Å². The third-order valence-electron chi connectivity index (χ3n) is 5.98. The lowest BCUT2D eigenvalue weighted by atomic mass is 10.2. The van der Waals surface area contributed by atoms with Crippen molar-refractivity contribution in [1.82, 2.24) is 19.7 Å². The first kappa shape index (κ1) is 23.3. The maximum absolute atomic E-state index is 12.5. The van der Waals surface area contributed by atoms with E-state index in [9.17, 15) is 14.4 Å². The van der Waals surface area contributed by atoms with Gasteiger partial charge in [0.15, 0.2) is 11.0 Å². The van der Waals surface area contributed by atoms with Crippen molar-refractivity contribution in [2.24, 2.45) is 0 Å². The van der Waals surface area contributed by atoms with Crippen LogP contribution < -0.4 is 10.2 Å². The molecule has 2 aliphatic rings. The first-order chi connectivity index (χ1) is 16.0. The van der Waals surface area contributed by atoms with Gasteiger partial charge in [0.1, 0.15) is 0 Å². The largest absolute Gasteiger partial charge is 0.335 e. The number of nitrogens with zero attached hydrogens (tertiary/aromatic N) is 5. The van der Waals surface area contributed by atoms with Crippen molar-refractivity contribution in [3.05, 3.63) is 30.1 Å². The topological polar surface area (TPSA) is 100 Å². The second-order valence-electron chi connectivity index (χ2n) is 8.30. The van der Waals surface area contributed by atoms with Crippen LogP contribution in [0.15, 0.2) is 29.4 Å². The van der Waals surface area contributed by atoms with Crippen molar-refractivity contribution >= 4 is 40.9 Å². The molecule has 2 saturated heterocycles. The maximum atomic E-state index is 12.5. The van der Waals surface area contributed by atoms with Gasteiger partial charge in [0.2, 0.25) is 17.7 Å². The van der Waals surface area contributed by atoms with Crippen LogP contribution in [0.25, 0.3) is 0 Å². The van der Waals surface area contributed by atoms with Gasteiger partial charge < -0.3 is 19.7 Å². The second-order valence-corrected chi connectivity index (χ2v) is 9.24. The lowest BCUT2D eigenvalue weighted by Crippen LogP contribution is -2.31. The van der Waals surface area contributed by atoms with Crippen molar-refractivity contribution in [2.45, 2.75) is 63.7 Å². The summed E-state index contributed by atoms with van der Waals surface area (Å²) < 4.78 is 1.97. The Labute approximate surface area is 197 Å². The normalized spacial score (nSPS) is 16.9. The molecule has 1 aromatic heterocycles. The monoisotopic (exact) mass is 470 g/mol. The summed E-state index contributed by atoms with van der Waals surface area (Å²) in [5.74, 6) is 1.13. The van der Waals surface area contributed by atoms with E-state index in [1.54, 1.807) is 4.90 Å². The molecule has 0 atom stereocenters. The molecular formula is C23H30N6O3S. The number of anilines is 2. The van der Waals surface area contributed by atoms with Gasteiger partial charge in [0.25, 0.3) is 0 Å². The third-order valence-corrected chi connectivity index (χ3v) is 6.95. The minimum absolute atomic E-state index is 0.139. The van der Waals surface area contributed by atoms with E-state index in [-0.39, 0.29) is 23.5 Å². The van der Waals surface area contributed by atoms with Crippen LogP contribution in [0.3, 0.4) is 0 Å². The maximum Gasteiger partial charge on any atom is 0.234 e.